The van der Waals surface area contributed by atoms with E-state index >= 15 is 0 Å². The largest absolute Gasteiger partial charge is 0.333 e. The van der Waals surface area contributed by atoms with E-state index < -0.39 is 0 Å². The molecular formula is C15H18N2O2. The second kappa shape index (κ2) is 5.26. The monoisotopic (exact) mass is 258 g/mol. The van der Waals surface area contributed by atoms with Crippen LogP contribution in [-0.4, -0.2) is 9.55 Å². The lowest BCUT2D eigenvalue weighted by atomic mass is 10.1. The molecule has 0 aliphatic heterocycles. The van der Waals surface area contributed by atoms with Gasteiger partial charge in [0, 0.05) is 11.3 Å². The second-order valence-electron chi connectivity index (χ2n) is 4.76. The number of H-pyrrole nitrogens is 1. The van der Waals surface area contributed by atoms with E-state index in [4.69, 9.17) is 0 Å². The Balaban J connectivity index is 2.66. The summed E-state index contributed by atoms with van der Waals surface area (Å²) in [6.07, 6.45) is 1.61. The van der Waals surface area contributed by atoms with Gasteiger partial charge in [0.05, 0.1) is 5.69 Å². The molecule has 0 atom stereocenters. The van der Waals surface area contributed by atoms with Crippen LogP contribution in [0.1, 0.15) is 30.2 Å². The number of nitrogens with one attached hydrogen (secondary N) is 1. The summed E-state index contributed by atoms with van der Waals surface area (Å²) in [6.45, 7) is 5.74. The molecule has 0 fully saturated rings. The Bertz CT molecular complexity index is 694. The highest BCUT2D eigenvalue weighted by molar-refractivity contribution is 5.35. The van der Waals surface area contributed by atoms with E-state index in [2.05, 4.69) is 4.98 Å². The number of aryl methyl sites for hydroxylation is 2. The van der Waals surface area contributed by atoms with Crippen molar-refractivity contribution in [2.45, 2.75) is 33.6 Å². The molecule has 0 spiro atoms. The summed E-state index contributed by atoms with van der Waals surface area (Å²) >= 11 is 0. The van der Waals surface area contributed by atoms with Crippen molar-refractivity contribution in [2.24, 2.45) is 0 Å². The van der Waals surface area contributed by atoms with Gasteiger partial charge in [0.25, 0.3) is 5.56 Å². The summed E-state index contributed by atoms with van der Waals surface area (Å²) in [5.41, 5.74) is 2.43. The van der Waals surface area contributed by atoms with Crippen LogP contribution in [0.5, 0.6) is 0 Å². The van der Waals surface area contributed by atoms with Gasteiger partial charge in [-0.15, -0.1) is 0 Å². The zero-order valence-corrected chi connectivity index (χ0v) is 11.5. The van der Waals surface area contributed by atoms with Gasteiger partial charge in [-0.2, -0.15) is 0 Å². The van der Waals surface area contributed by atoms with Gasteiger partial charge in [0.2, 0.25) is 0 Å². The Morgan fingerprint density at radius 3 is 2.32 bits per heavy atom. The van der Waals surface area contributed by atoms with Crippen molar-refractivity contribution in [2.75, 3.05) is 0 Å². The average Bonchev–Trinajstić information content (AvgIpc) is 2.38. The van der Waals surface area contributed by atoms with Crippen LogP contribution in [-0.2, 0) is 6.42 Å². The molecule has 0 saturated carbocycles. The zero-order valence-electron chi connectivity index (χ0n) is 11.5. The molecule has 4 heteroatoms. The van der Waals surface area contributed by atoms with Crippen molar-refractivity contribution in [1.82, 2.24) is 9.55 Å². The zero-order chi connectivity index (χ0) is 14.0. The number of aromatic amines is 1. The van der Waals surface area contributed by atoms with Crippen molar-refractivity contribution in [3.63, 3.8) is 0 Å². The van der Waals surface area contributed by atoms with Crippen molar-refractivity contribution < 1.29 is 0 Å². The molecule has 1 aromatic heterocycles. The first-order valence-corrected chi connectivity index (χ1v) is 6.46. The maximum atomic E-state index is 12.3. The molecule has 0 aliphatic carbocycles. The minimum atomic E-state index is -0.372. The van der Waals surface area contributed by atoms with E-state index in [0.29, 0.717) is 17.7 Å². The molecule has 0 bridgehead atoms. The van der Waals surface area contributed by atoms with E-state index in [1.165, 1.54) is 4.57 Å². The van der Waals surface area contributed by atoms with Gasteiger partial charge >= 0.3 is 5.69 Å². The Hall–Kier alpha value is -2.10. The molecule has 1 N–H and O–H groups in total. The molecule has 1 heterocycles. The molecule has 100 valence electrons. The Kier molecular flexibility index (Phi) is 3.69. The SMILES string of the molecule is CCCc1[nH]c(=O)n(-c2ccc(C)cc2)c(=O)c1C. The Morgan fingerprint density at radius 2 is 1.74 bits per heavy atom. The fourth-order valence-electron chi connectivity index (χ4n) is 2.10. The first-order valence-electron chi connectivity index (χ1n) is 6.46. The van der Waals surface area contributed by atoms with E-state index in [1.54, 1.807) is 19.1 Å². The van der Waals surface area contributed by atoms with Crippen LogP contribution in [0.3, 0.4) is 0 Å². The van der Waals surface area contributed by atoms with Crippen molar-refractivity contribution in [1.29, 1.82) is 0 Å². The van der Waals surface area contributed by atoms with Gasteiger partial charge < -0.3 is 4.98 Å². The number of benzene rings is 1. The van der Waals surface area contributed by atoms with Gasteiger partial charge in [-0.05, 0) is 32.4 Å². The van der Waals surface area contributed by atoms with E-state index in [9.17, 15) is 9.59 Å². The first-order chi connectivity index (χ1) is 9.04. The molecule has 2 rings (SSSR count). The van der Waals surface area contributed by atoms with Crippen LogP contribution in [0.4, 0.5) is 0 Å². The van der Waals surface area contributed by atoms with E-state index in [1.807, 2.05) is 26.0 Å². The van der Waals surface area contributed by atoms with E-state index in [0.717, 1.165) is 17.7 Å². The fourth-order valence-corrected chi connectivity index (χ4v) is 2.10. The predicted molar refractivity (Wildman–Crippen MR) is 76.1 cm³/mol. The van der Waals surface area contributed by atoms with Gasteiger partial charge in [0.1, 0.15) is 0 Å². The number of aromatic nitrogens is 2. The molecule has 0 unspecified atom stereocenters. The third-order valence-electron chi connectivity index (χ3n) is 3.23. The third-order valence-corrected chi connectivity index (χ3v) is 3.23. The molecule has 4 nitrogen and oxygen atoms in total. The van der Waals surface area contributed by atoms with Gasteiger partial charge in [-0.1, -0.05) is 31.0 Å². The standard InChI is InChI=1S/C15H18N2O2/c1-4-5-13-11(3)14(18)17(15(19)16-13)12-8-6-10(2)7-9-12/h6-9H,4-5H2,1-3H3,(H,16,19). The lowest BCUT2D eigenvalue weighted by Gasteiger charge is -2.09. The predicted octanol–water partition coefficient (Wildman–Crippen LogP) is 2.10. The van der Waals surface area contributed by atoms with Crippen LogP contribution in [0.2, 0.25) is 0 Å². The number of hydrogen-bond donors (Lipinski definition) is 1. The van der Waals surface area contributed by atoms with E-state index in [-0.39, 0.29) is 11.2 Å². The summed E-state index contributed by atoms with van der Waals surface area (Å²) in [5.74, 6) is 0. The highest BCUT2D eigenvalue weighted by Crippen LogP contribution is 2.06. The molecule has 19 heavy (non-hydrogen) atoms. The normalized spacial score (nSPS) is 10.7. The maximum absolute atomic E-state index is 12.3. The van der Waals surface area contributed by atoms with Crippen LogP contribution in [0.25, 0.3) is 5.69 Å². The topological polar surface area (TPSA) is 54.9 Å². The van der Waals surface area contributed by atoms with Crippen LogP contribution >= 0.6 is 0 Å². The quantitative estimate of drug-likeness (QED) is 0.916. The fraction of sp³-hybridized carbons (Fsp3) is 0.333. The molecule has 2 aromatic rings. The third kappa shape index (κ3) is 2.52. The van der Waals surface area contributed by atoms with Gasteiger partial charge in [-0.25, -0.2) is 9.36 Å². The average molecular weight is 258 g/mol. The molecule has 0 radical (unpaired) electrons. The second-order valence-corrected chi connectivity index (χ2v) is 4.76. The molecule has 0 amide bonds. The number of hydrogen-bond acceptors (Lipinski definition) is 2. The summed E-state index contributed by atoms with van der Waals surface area (Å²) in [7, 11) is 0. The summed E-state index contributed by atoms with van der Waals surface area (Å²) in [5, 5.41) is 0. The molecule has 1 aromatic carbocycles. The summed E-state index contributed by atoms with van der Waals surface area (Å²) in [6, 6.07) is 7.34. The van der Waals surface area contributed by atoms with Crippen LogP contribution < -0.4 is 11.2 Å². The smallest absolute Gasteiger partial charge is 0.310 e. The van der Waals surface area contributed by atoms with Gasteiger partial charge in [-0.3, -0.25) is 4.79 Å². The maximum Gasteiger partial charge on any atom is 0.333 e. The molecule has 0 aliphatic rings. The van der Waals surface area contributed by atoms with Crippen LogP contribution in [0, 0.1) is 13.8 Å². The number of nitrogens with zero attached hydrogens (tertiary/aromatic N) is 1. The highest BCUT2D eigenvalue weighted by Gasteiger charge is 2.11. The molecule has 0 saturated heterocycles. The lowest BCUT2D eigenvalue weighted by molar-refractivity contribution is 0.786. The Labute approximate surface area is 111 Å². The Morgan fingerprint density at radius 1 is 1.11 bits per heavy atom. The van der Waals surface area contributed by atoms with Gasteiger partial charge in [0.15, 0.2) is 0 Å². The summed E-state index contributed by atoms with van der Waals surface area (Å²) in [4.78, 5) is 27.2. The highest BCUT2D eigenvalue weighted by atomic mass is 16.2. The van der Waals surface area contributed by atoms with Crippen molar-refractivity contribution in [3.8, 4) is 5.69 Å². The minimum absolute atomic E-state index is 0.240. The van der Waals surface area contributed by atoms with Crippen molar-refractivity contribution >= 4 is 0 Å². The lowest BCUT2D eigenvalue weighted by Crippen LogP contribution is -2.36. The van der Waals surface area contributed by atoms with Crippen molar-refractivity contribution in [3.05, 3.63) is 61.9 Å². The number of rotatable bonds is 3. The summed E-state index contributed by atoms with van der Waals surface area (Å²) < 4.78 is 1.19. The first kappa shape index (κ1) is 13.3. The van der Waals surface area contributed by atoms with Crippen LogP contribution in [0.15, 0.2) is 33.9 Å². The minimum Gasteiger partial charge on any atom is -0.310 e. The molecular weight excluding hydrogens is 240 g/mol.